The molecule has 0 bridgehead atoms. The monoisotopic (exact) mass is 333 g/mol. The van der Waals surface area contributed by atoms with E-state index in [1.54, 1.807) is 0 Å². The average Bonchev–Trinajstić information content (AvgIpc) is 2.94. The molecule has 4 rings (SSSR count). The van der Waals surface area contributed by atoms with Crippen LogP contribution in [0.5, 0.6) is 0 Å². The van der Waals surface area contributed by atoms with Gasteiger partial charge in [0, 0.05) is 17.3 Å². The van der Waals surface area contributed by atoms with Gasteiger partial charge >= 0.3 is 0 Å². The van der Waals surface area contributed by atoms with E-state index >= 15 is 0 Å². The standard InChI is InChI=1S/C22H27N3/c1-15-13-17(3)25-20(14-15)24-21(19-12-8-7-9-16(19)2)22(25)23-18-10-5-4-6-11-18/h7-9,12-14,18,23H,4-6,10-11H2,1-3H3. The Bertz CT molecular complexity index is 901. The van der Waals surface area contributed by atoms with E-state index in [9.17, 15) is 0 Å². The molecule has 0 unspecified atom stereocenters. The van der Waals surface area contributed by atoms with Crippen LogP contribution in [0.2, 0.25) is 0 Å². The van der Waals surface area contributed by atoms with Crippen molar-refractivity contribution in [2.24, 2.45) is 0 Å². The van der Waals surface area contributed by atoms with Gasteiger partial charge in [-0.1, -0.05) is 43.5 Å². The minimum Gasteiger partial charge on any atom is -0.367 e. The SMILES string of the molecule is Cc1cc(C)n2c(NC3CCCCC3)c(-c3ccccc3C)nc2c1. The lowest BCUT2D eigenvalue weighted by molar-refractivity contribution is 0.461. The van der Waals surface area contributed by atoms with E-state index in [2.05, 4.69) is 66.9 Å². The van der Waals surface area contributed by atoms with Gasteiger partial charge in [0.25, 0.3) is 0 Å². The fraction of sp³-hybridized carbons (Fsp3) is 0.409. The minimum atomic E-state index is 0.553. The third-order valence-corrected chi connectivity index (χ3v) is 5.40. The first kappa shape index (κ1) is 16.2. The van der Waals surface area contributed by atoms with Crippen molar-refractivity contribution in [2.75, 3.05) is 5.32 Å². The van der Waals surface area contributed by atoms with Crippen LogP contribution in [-0.4, -0.2) is 15.4 Å². The molecule has 3 heteroatoms. The Kier molecular flexibility index (Phi) is 4.24. The van der Waals surface area contributed by atoms with Crippen molar-refractivity contribution in [3.05, 3.63) is 53.2 Å². The molecule has 1 aliphatic rings. The Morgan fingerprint density at radius 1 is 1.00 bits per heavy atom. The van der Waals surface area contributed by atoms with Crippen LogP contribution in [0.25, 0.3) is 16.9 Å². The first-order valence-electron chi connectivity index (χ1n) is 9.46. The number of pyridine rings is 1. The van der Waals surface area contributed by atoms with E-state index in [1.165, 1.54) is 54.5 Å². The van der Waals surface area contributed by atoms with Gasteiger partial charge in [-0.05, 0) is 56.9 Å². The van der Waals surface area contributed by atoms with Gasteiger partial charge in [-0.15, -0.1) is 0 Å². The molecule has 0 spiro atoms. The molecule has 3 aromatic rings. The predicted octanol–water partition coefficient (Wildman–Crippen LogP) is 5.67. The summed E-state index contributed by atoms with van der Waals surface area (Å²) in [7, 11) is 0. The van der Waals surface area contributed by atoms with Crippen LogP contribution >= 0.6 is 0 Å². The van der Waals surface area contributed by atoms with Gasteiger partial charge < -0.3 is 5.32 Å². The summed E-state index contributed by atoms with van der Waals surface area (Å²) in [6.07, 6.45) is 6.53. The van der Waals surface area contributed by atoms with Crippen molar-refractivity contribution in [1.29, 1.82) is 0 Å². The van der Waals surface area contributed by atoms with Crippen molar-refractivity contribution in [3.8, 4) is 11.3 Å². The van der Waals surface area contributed by atoms with Gasteiger partial charge in [0.15, 0.2) is 0 Å². The highest BCUT2D eigenvalue weighted by atomic mass is 15.2. The lowest BCUT2D eigenvalue weighted by atomic mass is 9.95. The highest BCUT2D eigenvalue weighted by Crippen LogP contribution is 2.34. The van der Waals surface area contributed by atoms with Crippen LogP contribution in [0.15, 0.2) is 36.4 Å². The molecule has 1 N–H and O–H groups in total. The second-order valence-electron chi connectivity index (χ2n) is 7.47. The molecule has 25 heavy (non-hydrogen) atoms. The maximum absolute atomic E-state index is 5.03. The Balaban J connectivity index is 1.90. The molecule has 0 amide bonds. The first-order chi connectivity index (χ1) is 12.1. The number of imidazole rings is 1. The number of anilines is 1. The van der Waals surface area contributed by atoms with Crippen LogP contribution in [0, 0.1) is 20.8 Å². The summed E-state index contributed by atoms with van der Waals surface area (Å²) in [4.78, 5) is 5.03. The maximum atomic E-state index is 5.03. The van der Waals surface area contributed by atoms with E-state index in [0.717, 1.165) is 17.2 Å². The van der Waals surface area contributed by atoms with Gasteiger partial charge in [0.1, 0.15) is 17.2 Å². The summed E-state index contributed by atoms with van der Waals surface area (Å²) in [6.45, 7) is 6.49. The molecule has 2 aromatic heterocycles. The van der Waals surface area contributed by atoms with Gasteiger partial charge in [-0.3, -0.25) is 4.40 Å². The van der Waals surface area contributed by atoms with Crippen LogP contribution in [0.3, 0.4) is 0 Å². The lowest BCUT2D eigenvalue weighted by Crippen LogP contribution is -2.23. The normalized spacial score (nSPS) is 15.6. The Hall–Kier alpha value is -2.29. The molecule has 1 saturated carbocycles. The quantitative estimate of drug-likeness (QED) is 0.669. The third-order valence-electron chi connectivity index (χ3n) is 5.40. The van der Waals surface area contributed by atoms with Gasteiger partial charge in [-0.25, -0.2) is 4.98 Å². The van der Waals surface area contributed by atoms with E-state index in [-0.39, 0.29) is 0 Å². The fourth-order valence-electron chi connectivity index (χ4n) is 4.13. The highest BCUT2D eigenvalue weighted by molar-refractivity contribution is 5.79. The van der Waals surface area contributed by atoms with E-state index in [4.69, 9.17) is 4.98 Å². The lowest BCUT2D eigenvalue weighted by Gasteiger charge is -2.24. The van der Waals surface area contributed by atoms with Crippen LogP contribution in [0.4, 0.5) is 5.82 Å². The van der Waals surface area contributed by atoms with Crippen molar-refractivity contribution >= 4 is 11.5 Å². The number of nitrogens with one attached hydrogen (secondary N) is 1. The second kappa shape index (κ2) is 6.55. The van der Waals surface area contributed by atoms with Gasteiger partial charge in [0.2, 0.25) is 0 Å². The molecular weight excluding hydrogens is 306 g/mol. The molecule has 0 atom stereocenters. The average molecular weight is 333 g/mol. The second-order valence-corrected chi connectivity index (χ2v) is 7.47. The molecule has 1 fully saturated rings. The summed E-state index contributed by atoms with van der Waals surface area (Å²) in [5.74, 6) is 1.16. The number of aromatic nitrogens is 2. The van der Waals surface area contributed by atoms with Crippen molar-refractivity contribution in [1.82, 2.24) is 9.38 Å². The Labute approximate surface area is 150 Å². The first-order valence-corrected chi connectivity index (χ1v) is 9.46. The largest absolute Gasteiger partial charge is 0.367 e. The third kappa shape index (κ3) is 3.04. The number of aryl methyl sites for hydroxylation is 3. The molecular formula is C22H27N3. The summed E-state index contributed by atoms with van der Waals surface area (Å²) in [5, 5.41) is 3.86. The number of hydrogen-bond acceptors (Lipinski definition) is 2. The zero-order valence-corrected chi connectivity index (χ0v) is 15.5. The summed E-state index contributed by atoms with van der Waals surface area (Å²) < 4.78 is 2.30. The number of fused-ring (bicyclic) bond motifs is 1. The molecule has 3 nitrogen and oxygen atoms in total. The van der Waals surface area contributed by atoms with Crippen LogP contribution in [0.1, 0.15) is 48.9 Å². The van der Waals surface area contributed by atoms with Gasteiger partial charge in [0.05, 0.1) is 0 Å². The van der Waals surface area contributed by atoms with Crippen molar-refractivity contribution < 1.29 is 0 Å². The van der Waals surface area contributed by atoms with Gasteiger partial charge in [-0.2, -0.15) is 0 Å². The molecule has 2 heterocycles. The minimum absolute atomic E-state index is 0.553. The topological polar surface area (TPSA) is 29.3 Å². The zero-order valence-electron chi connectivity index (χ0n) is 15.5. The molecule has 0 aliphatic heterocycles. The molecule has 0 radical (unpaired) electrons. The summed E-state index contributed by atoms with van der Waals surface area (Å²) in [5.41, 5.74) is 7.11. The van der Waals surface area contributed by atoms with Crippen LogP contribution in [-0.2, 0) is 0 Å². The molecule has 0 saturated heterocycles. The maximum Gasteiger partial charge on any atom is 0.139 e. The number of benzene rings is 1. The summed E-state index contributed by atoms with van der Waals surface area (Å²) >= 11 is 0. The smallest absolute Gasteiger partial charge is 0.139 e. The molecule has 130 valence electrons. The Morgan fingerprint density at radius 2 is 1.76 bits per heavy atom. The van der Waals surface area contributed by atoms with Crippen molar-refractivity contribution in [2.45, 2.75) is 58.9 Å². The number of rotatable bonds is 3. The number of hydrogen-bond donors (Lipinski definition) is 1. The fourth-order valence-corrected chi connectivity index (χ4v) is 4.13. The highest BCUT2D eigenvalue weighted by Gasteiger charge is 2.21. The van der Waals surface area contributed by atoms with Crippen molar-refractivity contribution in [3.63, 3.8) is 0 Å². The Morgan fingerprint density at radius 3 is 2.52 bits per heavy atom. The molecule has 1 aromatic carbocycles. The predicted molar refractivity (Wildman–Crippen MR) is 105 cm³/mol. The van der Waals surface area contributed by atoms with Crippen LogP contribution < -0.4 is 5.32 Å². The van der Waals surface area contributed by atoms with E-state index < -0.39 is 0 Å². The molecule has 1 aliphatic carbocycles. The number of nitrogens with zero attached hydrogens (tertiary/aromatic N) is 2. The zero-order chi connectivity index (χ0) is 17.4. The van der Waals surface area contributed by atoms with E-state index in [0.29, 0.717) is 6.04 Å². The summed E-state index contributed by atoms with van der Waals surface area (Å²) in [6, 6.07) is 13.5. The van der Waals surface area contributed by atoms with E-state index in [1.807, 2.05) is 0 Å².